The van der Waals surface area contributed by atoms with Crippen molar-refractivity contribution in [2.24, 2.45) is 0 Å². The first-order valence-corrected chi connectivity index (χ1v) is 11.6. The Labute approximate surface area is 198 Å². The van der Waals surface area contributed by atoms with Crippen LogP contribution in [0, 0.1) is 26.2 Å². The average molecular weight is 466 g/mol. The van der Waals surface area contributed by atoms with Crippen molar-refractivity contribution in [1.29, 1.82) is 0 Å². The van der Waals surface area contributed by atoms with Crippen LogP contribution in [-0.4, -0.2) is 66.2 Å². The molecule has 0 aromatic heterocycles. The number of ether oxygens (including phenoxy) is 2. The Morgan fingerprint density at radius 3 is 2.82 bits per heavy atom. The lowest BCUT2D eigenvalue weighted by molar-refractivity contribution is -0.0939. The van der Waals surface area contributed by atoms with Gasteiger partial charge in [-0.3, -0.25) is 9.80 Å². The van der Waals surface area contributed by atoms with Gasteiger partial charge in [0, 0.05) is 44.3 Å². The van der Waals surface area contributed by atoms with Crippen molar-refractivity contribution in [1.82, 2.24) is 9.80 Å². The molecule has 2 saturated heterocycles. The topological polar surface area (TPSA) is 66.6 Å². The molecule has 0 unspecified atom stereocenters. The smallest absolute Gasteiger partial charge is 0.338 e. The first kappa shape index (κ1) is 22.9. The molecule has 0 bridgehead atoms. The van der Waals surface area contributed by atoms with Crippen molar-refractivity contribution >= 4 is 11.7 Å². The van der Waals surface area contributed by atoms with Crippen molar-refractivity contribution in [3.63, 3.8) is 0 Å². The minimum Gasteiger partial charge on any atom is -0.457 e. The molecule has 7 nitrogen and oxygen atoms in total. The van der Waals surface area contributed by atoms with Gasteiger partial charge in [-0.1, -0.05) is 12.1 Å². The summed E-state index contributed by atoms with van der Waals surface area (Å²) < 4.78 is 25.2. The van der Waals surface area contributed by atoms with Gasteiger partial charge in [-0.15, -0.1) is 0 Å². The van der Waals surface area contributed by atoms with Gasteiger partial charge in [0.1, 0.15) is 12.4 Å². The average Bonchev–Trinajstić information content (AvgIpc) is 3.21. The van der Waals surface area contributed by atoms with Gasteiger partial charge in [-0.25, -0.2) is 14.0 Å². The third-order valence-electron chi connectivity index (χ3n) is 7.46. The number of morpholine rings is 1. The molecule has 3 atom stereocenters. The van der Waals surface area contributed by atoms with Gasteiger partial charge in [-0.05, 0) is 48.2 Å². The number of rotatable bonds is 4. The summed E-state index contributed by atoms with van der Waals surface area (Å²) in [6.07, 6.45) is -0.841. The molecule has 0 amide bonds. The predicted octanol–water partition coefficient (Wildman–Crippen LogP) is 3.45. The Kier molecular flexibility index (Phi) is 6.13. The Bertz CT molecular complexity index is 1180. The van der Waals surface area contributed by atoms with Crippen LogP contribution in [0.25, 0.3) is 4.85 Å². The van der Waals surface area contributed by atoms with Crippen molar-refractivity contribution in [2.45, 2.75) is 38.7 Å². The number of halogens is 1. The number of aliphatic hydroxyl groups excluding tert-OH is 1. The second-order valence-electron chi connectivity index (χ2n) is 9.35. The fraction of sp³-hybridized carbons (Fsp3) is 0.462. The lowest BCUT2D eigenvalue weighted by Gasteiger charge is -2.46. The van der Waals surface area contributed by atoms with E-state index < -0.39 is 11.9 Å². The van der Waals surface area contributed by atoms with Crippen LogP contribution in [0.3, 0.4) is 0 Å². The molecule has 178 valence electrons. The van der Waals surface area contributed by atoms with Crippen molar-refractivity contribution in [3.05, 3.63) is 74.9 Å². The van der Waals surface area contributed by atoms with Crippen LogP contribution >= 0.6 is 0 Å². The molecule has 34 heavy (non-hydrogen) atoms. The molecule has 0 spiro atoms. The number of carbonyl (C=O) groups excluding carboxylic acids is 1. The van der Waals surface area contributed by atoms with E-state index in [0.717, 1.165) is 41.9 Å². The van der Waals surface area contributed by atoms with Crippen molar-refractivity contribution < 1.29 is 23.8 Å². The molecule has 2 aromatic rings. The largest absolute Gasteiger partial charge is 0.457 e. The van der Waals surface area contributed by atoms with Crippen LogP contribution in [0.1, 0.15) is 50.4 Å². The van der Waals surface area contributed by atoms with Gasteiger partial charge in [-0.2, -0.15) is 0 Å². The molecule has 0 saturated carbocycles. The van der Waals surface area contributed by atoms with E-state index in [4.69, 9.17) is 16.0 Å². The summed E-state index contributed by atoms with van der Waals surface area (Å²) in [7, 11) is 0. The molecule has 1 N–H and O–H groups in total. The summed E-state index contributed by atoms with van der Waals surface area (Å²) in [5.74, 6) is -0.790. The van der Waals surface area contributed by atoms with E-state index in [0.29, 0.717) is 30.8 Å². The van der Waals surface area contributed by atoms with Crippen LogP contribution in [0.2, 0.25) is 0 Å². The summed E-state index contributed by atoms with van der Waals surface area (Å²) in [5, 5.41) is 11.0. The Hall–Kier alpha value is -2.83. The van der Waals surface area contributed by atoms with E-state index in [-0.39, 0.29) is 30.4 Å². The van der Waals surface area contributed by atoms with Crippen LogP contribution in [0.5, 0.6) is 0 Å². The number of benzene rings is 2. The predicted molar refractivity (Wildman–Crippen MR) is 123 cm³/mol. The summed E-state index contributed by atoms with van der Waals surface area (Å²) in [5.41, 5.74) is 4.81. The highest BCUT2D eigenvalue weighted by molar-refractivity contribution is 5.93. The second-order valence-corrected chi connectivity index (χ2v) is 9.35. The Balaban J connectivity index is 1.22. The number of aliphatic hydroxyl groups is 1. The number of hydrogen-bond acceptors (Lipinski definition) is 6. The van der Waals surface area contributed by atoms with E-state index in [1.807, 2.05) is 13.0 Å². The summed E-state index contributed by atoms with van der Waals surface area (Å²) in [6.45, 7) is 15.4. The van der Waals surface area contributed by atoms with E-state index in [1.165, 1.54) is 6.07 Å². The monoisotopic (exact) mass is 465 g/mol. The normalized spacial score (nSPS) is 23.7. The van der Waals surface area contributed by atoms with Gasteiger partial charge in [0.25, 0.3) is 0 Å². The maximum atomic E-state index is 13.9. The van der Waals surface area contributed by atoms with E-state index in [1.54, 1.807) is 19.1 Å². The minimum absolute atomic E-state index is 0.0693. The highest BCUT2D eigenvalue weighted by atomic mass is 19.1. The molecule has 3 heterocycles. The van der Waals surface area contributed by atoms with Gasteiger partial charge >= 0.3 is 5.97 Å². The number of piperazine rings is 1. The molecule has 8 heteroatoms. The second kappa shape index (κ2) is 9.08. The van der Waals surface area contributed by atoms with Gasteiger partial charge in [0.05, 0.1) is 31.0 Å². The molecule has 3 aliphatic rings. The summed E-state index contributed by atoms with van der Waals surface area (Å²) >= 11 is 0. The molecule has 0 aliphatic carbocycles. The third kappa shape index (κ3) is 3.99. The highest BCUT2D eigenvalue weighted by Gasteiger charge is 2.36. The van der Waals surface area contributed by atoms with Gasteiger partial charge < -0.3 is 14.6 Å². The first-order chi connectivity index (χ1) is 16.4. The molecular weight excluding hydrogens is 437 g/mol. The van der Waals surface area contributed by atoms with Crippen molar-refractivity contribution in [3.8, 4) is 0 Å². The quantitative estimate of drug-likeness (QED) is 0.551. The number of β-amino-alcohol motifs (C(OH)–C–C–N with tert-alkyl or cyclic N) is 1. The molecule has 5 rings (SSSR count). The Morgan fingerprint density at radius 2 is 2.03 bits per heavy atom. The summed E-state index contributed by atoms with van der Waals surface area (Å²) in [6, 6.07) is 6.88. The van der Waals surface area contributed by atoms with Gasteiger partial charge in [0.2, 0.25) is 5.69 Å². The lowest BCUT2D eigenvalue weighted by atomic mass is 9.95. The third-order valence-corrected chi connectivity index (χ3v) is 7.46. The van der Waals surface area contributed by atoms with E-state index >= 15 is 0 Å². The number of cyclic esters (lactones) is 1. The number of fused-ring (bicyclic) bond motifs is 2. The molecule has 2 aromatic carbocycles. The van der Waals surface area contributed by atoms with E-state index in [9.17, 15) is 14.3 Å². The number of esters is 1. The zero-order valence-electron chi connectivity index (χ0n) is 19.4. The maximum absolute atomic E-state index is 13.9. The lowest BCUT2D eigenvalue weighted by Crippen LogP contribution is -2.58. The van der Waals surface area contributed by atoms with Crippen LogP contribution in [0.15, 0.2) is 24.3 Å². The van der Waals surface area contributed by atoms with Crippen molar-refractivity contribution in [2.75, 3.05) is 39.3 Å². The minimum atomic E-state index is -0.654. The number of nitrogens with zero attached hydrogens (tertiary/aromatic N) is 3. The molecular formula is C26H28FN3O4. The summed E-state index contributed by atoms with van der Waals surface area (Å²) in [4.78, 5) is 19.8. The highest BCUT2D eigenvalue weighted by Crippen LogP contribution is 2.35. The number of hydrogen-bond donors (Lipinski definition) is 1. The number of carbonyl (C=O) groups is 1. The SMILES string of the molecule is [C-]#[N+]c1c(F)ccc([C@H]2CN3CCN(C[C@H](O)c4ccc5c(c4C)COC5=O)C[C@@H]3CO2)c1C. The van der Waals surface area contributed by atoms with Gasteiger partial charge in [0.15, 0.2) is 0 Å². The van der Waals surface area contributed by atoms with Crippen LogP contribution < -0.4 is 0 Å². The van der Waals surface area contributed by atoms with Crippen LogP contribution in [0.4, 0.5) is 10.1 Å². The zero-order chi connectivity index (χ0) is 24.0. The molecule has 0 radical (unpaired) electrons. The standard InChI is InChI=1S/C26H28FN3O4/c1-15-18(4-5-20-21(15)14-34-26(20)32)23(31)11-29-8-9-30-12-24(33-13-17(30)10-29)19-6-7-22(27)25(28-3)16(19)2/h4-7,17,23-24,31H,8-14H2,1-2H3/t17-,23+,24-/m1/s1. The first-order valence-electron chi connectivity index (χ1n) is 11.6. The maximum Gasteiger partial charge on any atom is 0.338 e. The van der Waals surface area contributed by atoms with Crippen LogP contribution in [-0.2, 0) is 16.1 Å². The zero-order valence-corrected chi connectivity index (χ0v) is 19.4. The Morgan fingerprint density at radius 1 is 1.21 bits per heavy atom. The molecule has 3 aliphatic heterocycles. The molecule has 2 fully saturated rings. The fourth-order valence-electron chi connectivity index (χ4n) is 5.44. The van der Waals surface area contributed by atoms with E-state index in [2.05, 4.69) is 14.6 Å². The fourth-order valence-corrected chi connectivity index (χ4v) is 5.44.